The first kappa shape index (κ1) is 17.8. The highest BCUT2D eigenvalue weighted by Gasteiger charge is 2.68. The van der Waals surface area contributed by atoms with Crippen molar-refractivity contribution in [3.63, 3.8) is 0 Å². The van der Waals surface area contributed by atoms with E-state index in [-0.39, 0.29) is 40.3 Å². The lowest BCUT2D eigenvalue weighted by Crippen LogP contribution is -2.59. The zero-order chi connectivity index (χ0) is 18.1. The highest BCUT2D eigenvalue weighted by Crippen LogP contribution is 2.73. The average molecular weight is 350 g/mol. The Morgan fingerprint density at radius 2 is 1.84 bits per heavy atom. The largest absolute Gasteiger partial charge is 0.469 e. The molecule has 0 unspecified atom stereocenters. The van der Waals surface area contributed by atoms with Crippen LogP contribution in [-0.4, -0.2) is 36.0 Å². The van der Waals surface area contributed by atoms with E-state index in [1.165, 1.54) is 13.5 Å². The Bertz CT molecular complexity index is 576. The Labute approximate surface area is 151 Å². The smallest absolute Gasteiger partial charge is 0.311 e. The lowest BCUT2D eigenvalue weighted by atomic mass is 9.40. The molecule has 0 heterocycles. The highest BCUT2D eigenvalue weighted by molar-refractivity contribution is 5.77. The summed E-state index contributed by atoms with van der Waals surface area (Å²) < 4.78 is 5.22. The van der Waals surface area contributed by atoms with E-state index in [1.54, 1.807) is 0 Å². The maximum atomic E-state index is 12.7. The van der Waals surface area contributed by atoms with E-state index in [0.29, 0.717) is 11.8 Å². The third-order valence-corrected chi connectivity index (χ3v) is 9.35. The van der Waals surface area contributed by atoms with Crippen molar-refractivity contribution >= 4 is 5.97 Å². The molecule has 0 aliphatic heterocycles. The molecule has 25 heavy (non-hydrogen) atoms. The average Bonchev–Trinajstić information content (AvgIpc) is 2.79. The standard InChI is InChI=1S/C21H34O4/c1-18-7-4-8-19(2,17(24)25-3)14(18)5-9-20-11-16(23)21(12-20,13-22)10-6-15(18)20/h14-16,22-23H,4-13H2,1-3H3/t14-,15-,16+,18+,19-,20-,21-/m1/s1. The molecule has 2 bridgehead atoms. The summed E-state index contributed by atoms with van der Waals surface area (Å²) >= 11 is 0. The van der Waals surface area contributed by atoms with Crippen LogP contribution in [0.4, 0.5) is 0 Å². The van der Waals surface area contributed by atoms with Crippen LogP contribution < -0.4 is 0 Å². The third kappa shape index (κ3) is 2.10. The first-order valence-corrected chi connectivity index (χ1v) is 10.1. The van der Waals surface area contributed by atoms with Crippen LogP contribution in [0.2, 0.25) is 0 Å². The number of methoxy groups -OCH3 is 1. The first-order chi connectivity index (χ1) is 11.8. The molecule has 1 spiro atoms. The summed E-state index contributed by atoms with van der Waals surface area (Å²) in [5.74, 6) is 0.891. The van der Waals surface area contributed by atoms with Gasteiger partial charge in [-0.2, -0.15) is 0 Å². The van der Waals surface area contributed by atoms with E-state index in [4.69, 9.17) is 4.74 Å². The van der Waals surface area contributed by atoms with Gasteiger partial charge in [-0.1, -0.05) is 13.3 Å². The second kappa shape index (κ2) is 5.45. The van der Waals surface area contributed by atoms with Crippen molar-refractivity contribution in [1.29, 1.82) is 0 Å². The second-order valence-electron chi connectivity index (χ2n) is 10.2. The third-order valence-electron chi connectivity index (χ3n) is 9.35. The Morgan fingerprint density at radius 1 is 1.12 bits per heavy atom. The molecule has 7 atom stereocenters. The number of carbonyl (C=O) groups excluding carboxylic acids is 1. The molecular weight excluding hydrogens is 316 g/mol. The summed E-state index contributed by atoms with van der Waals surface area (Å²) in [7, 11) is 1.52. The predicted octanol–water partition coefficient (Wildman–Crippen LogP) is 3.30. The number of esters is 1. The Morgan fingerprint density at radius 3 is 2.52 bits per heavy atom. The van der Waals surface area contributed by atoms with Crippen LogP contribution in [0.5, 0.6) is 0 Å². The number of fused-ring (bicyclic) bond motifs is 3. The monoisotopic (exact) mass is 350 g/mol. The molecular formula is C21H34O4. The Hall–Kier alpha value is -0.610. The molecule has 0 aromatic heterocycles. The lowest BCUT2D eigenvalue weighted by Gasteiger charge is -2.64. The summed E-state index contributed by atoms with van der Waals surface area (Å²) in [4.78, 5) is 12.7. The van der Waals surface area contributed by atoms with Crippen molar-refractivity contribution in [3.8, 4) is 0 Å². The van der Waals surface area contributed by atoms with E-state index in [2.05, 4.69) is 13.8 Å². The van der Waals surface area contributed by atoms with Crippen LogP contribution in [0.3, 0.4) is 0 Å². The van der Waals surface area contributed by atoms with Crippen molar-refractivity contribution in [3.05, 3.63) is 0 Å². The molecule has 0 radical (unpaired) electrons. The van der Waals surface area contributed by atoms with E-state index in [9.17, 15) is 15.0 Å². The number of carbonyl (C=O) groups is 1. The molecule has 2 N–H and O–H groups in total. The Kier molecular flexibility index (Phi) is 3.88. The number of hydrogen-bond donors (Lipinski definition) is 2. The number of hydrogen-bond acceptors (Lipinski definition) is 4. The van der Waals surface area contributed by atoms with E-state index in [1.807, 2.05) is 0 Å². The van der Waals surface area contributed by atoms with Gasteiger partial charge >= 0.3 is 5.97 Å². The molecule has 0 aromatic carbocycles. The van der Waals surface area contributed by atoms with E-state index in [0.717, 1.165) is 51.4 Å². The SMILES string of the molecule is COC(=O)[C@]1(C)CCC[C@@]2(C)[C@H]1CC[C@]13C[C@H](O)[C@](CO)(CC[C@@H]12)C3. The zero-order valence-electron chi connectivity index (χ0n) is 16.0. The maximum Gasteiger partial charge on any atom is 0.311 e. The van der Waals surface area contributed by atoms with Gasteiger partial charge in [0, 0.05) is 5.41 Å². The van der Waals surface area contributed by atoms with Gasteiger partial charge in [0.15, 0.2) is 0 Å². The van der Waals surface area contributed by atoms with Crippen molar-refractivity contribution in [2.75, 3.05) is 13.7 Å². The quantitative estimate of drug-likeness (QED) is 0.750. The van der Waals surface area contributed by atoms with Crippen LogP contribution in [0.15, 0.2) is 0 Å². The molecule has 4 nitrogen and oxygen atoms in total. The molecule has 0 saturated heterocycles. The fourth-order valence-corrected chi connectivity index (χ4v) is 8.27. The summed E-state index contributed by atoms with van der Waals surface area (Å²) in [5.41, 5.74) is -0.322. The fourth-order valence-electron chi connectivity index (χ4n) is 8.27. The van der Waals surface area contributed by atoms with Crippen molar-refractivity contribution in [1.82, 2.24) is 0 Å². The van der Waals surface area contributed by atoms with Gasteiger partial charge < -0.3 is 14.9 Å². The van der Waals surface area contributed by atoms with Gasteiger partial charge in [0.2, 0.25) is 0 Å². The lowest BCUT2D eigenvalue weighted by molar-refractivity contribution is -0.186. The van der Waals surface area contributed by atoms with E-state index < -0.39 is 0 Å². The molecule has 142 valence electrons. The van der Waals surface area contributed by atoms with Crippen LogP contribution in [0.1, 0.15) is 71.6 Å². The van der Waals surface area contributed by atoms with Crippen molar-refractivity contribution in [2.24, 2.45) is 33.5 Å². The van der Waals surface area contributed by atoms with Gasteiger partial charge in [-0.05, 0) is 81.0 Å². The van der Waals surface area contributed by atoms with Gasteiger partial charge in [0.25, 0.3) is 0 Å². The Balaban J connectivity index is 1.71. The van der Waals surface area contributed by atoms with E-state index >= 15 is 0 Å². The van der Waals surface area contributed by atoms with Crippen molar-refractivity contribution < 1.29 is 19.7 Å². The van der Waals surface area contributed by atoms with Crippen LogP contribution in [0.25, 0.3) is 0 Å². The van der Waals surface area contributed by atoms with Gasteiger partial charge in [0.05, 0.1) is 25.2 Å². The van der Waals surface area contributed by atoms with Gasteiger partial charge in [-0.15, -0.1) is 0 Å². The normalized spacial score (nSPS) is 54.5. The summed E-state index contributed by atoms with van der Waals surface area (Å²) in [6.07, 6.45) is 8.79. The number of ether oxygens (including phenoxy) is 1. The minimum absolute atomic E-state index is 0.0358. The van der Waals surface area contributed by atoms with Crippen molar-refractivity contribution in [2.45, 2.75) is 77.7 Å². The molecule has 0 aromatic rings. The topological polar surface area (TPSA) is 66.8 Å². The maximum absolute atomic E-state index is 12.7. The molecule has 4 rings (SSSR count). The molecule has 0 amide bonds. The van der Waals surface area contributed by atoms with Crippen LogP contribution in [-0.2, 0) is 9.53 Å². The molecule has 4 heteroatoms. The molecule has 4 aliphatic rings. The number of rotatable bonds is 2. The van der Waals surface area contributed by atoms with Crippen LogP contribution >= 0.6 is 0 Å². The highest BCUT2D eigenvalue weighted by atomic mass is 16.5. The fraction of sp³-hybridized carbons (Fsp3) is 0.952. The predicted molar refractivity (Wildman–Crippen MR) is 94.7 cm³/mol. The summed E-state index contributed by atoms with van der Waals surface area (Å²) in [5, 5.41) is 20.7. The zero-order valence-corrected chi connectivity index (χ0v) is 16.0. The minimum Gasteiger partial charge on any atom is -0.469 e. The van der Waals surface area contributed by atoms with Crippen LogP contribution in [0, 0.1) is 33.5 Å². The van der Waals surface area contributed by atoms with Gasteiger partial charge in [-0.25, -0.2) is 0 Å². The summed E-state index contributed by atoms with van der Waals surface area (Å²) in [6, 6.07) is 0. The van der Waals surface area contributed by atoms with Gasteiger partial charge in [-0.3, -0.25) is 4.79 Å². The summed E-state index contributed by atoms with van der Waals surface area (Å²) in [6.45, 7) is 4.66. The number of aliphatic hydroxyl groups is 2. The molecule has 4 aliphatic carbocycles. The molecule has 4 fully saturated rings. The number of aliphatic hydroxyl groups excluding tert-OH is 2. The molecule has 4 saturated carbocycles. The first-order valence-electron chi connectivity index (χ1n) is 10.1. The van der Waals surface area contributed by atoms with Gasteiger partial charge in [0.1, 0.15) is 0 Å². The minimum atomic E-state index is -0.369. The second-order valence-corrected chi connectivity index (χ2v) is 10.2.